The highest BCUT2D eigenvalue weighted by Gasteiger charge is 2.19. The number of nitrogens with one attached hydrogen (secondary N) is 1. The summed E-state index contributed by atoms with van der Waals surface area (Å²) in [5.41, 5.74) is 4.21. The van der Waals surface area contributed by atoms with E-state index in [4.69, 9.17) is 0 Å². The van der Waals surface area contributed by atoms with Gasteiger partial charge in [-0.2, -0.15) is 0 Å². The number of anilines is 1. The number of hydrogen-bond acceptors (Lipinski definition) is 7. The topological polar surface area (TPSA) is 85.6 Å². The predicted molar refractivity (Wildman–Crippen MR) is 116 cm³/mol. The van der Waals surface area contributed by atoms with Crippen molar-refractivity contribution in [2.75, 3.05) is 11.1 Å². The number of amides is 1. The molecular formula is C20H18N6OS2. The van der Waals surface area contributed by atoms with Crippen LogP contribution in [0.2, 0.25) is 0 Å². The first-order chi connectivity index (χ1) is 14.1. The molecule has 0 aliphatic rings. The van der Waals surface area contributed by atoms with E-state index in [9.17, 15) is 4.79 Å². The highest BCUT2D eigenvalue weighted by Crippen LogP contribution is 2.30. The van der Waals surface area contributed by atoms with Crippen molar-refractivity contribution in [1.82, 2.24) is 24.7 Å². The Kier molecular flexibility index (Phi) is 5.68. The average Bonchev–Trinajstić information content (AvgIpc) is 3.39. The molecule has 4 aromatic rings. The van der Waals surface area contributed by atoms with Gasteiger partial charge >= 0.3 is 0 Å². The van der Waals surface area contributed by atoms with Crippen LogP contribution in [0.25, 0.3) is 17.1 Å². The second-order valence-corrected chi connectivity index (χ2v) is 8.11. The Balaban J connectivity index is 1.68. The lowest BCUT2D eigenvalue weighted by Gasteiger charge is -2.14. The zero-order valence-corrected chi connectivity index (χ0v) is 17.5. The van der Waals surface area contributed by atoms with Crippen LogP contribution in [0.4, 0.5) is 5.13 Å². The second kappa shape index (κ2) is 8.54. The molecule has 3 aromatic heterocycles. The third kappa shape index (κ3) is 4.20. The Morgan fingerprint density at radius 3 is 2.72 bits per heavy atom. The highest BCUT2D eigenvalue weighted by molar-refractivity contribution is 7.99. The quantitative estimate of drug-likeness (QED) is 0.470. The number of pyridine rings is 1. The largest absolute Gasteiger partial charge is 0.301 e. The molecule has 0 radical (unpaired) electrons. The third-order valence-corrected chi connectivity index (χ3v) is 6.02. The summed E-state index contributed by atoms with van der Waals surface area (Å²) < 4.78 is 2.00. The normalized spacial score (nSPS) is 10.8. The summed E-state index contributed by atoms with van der Waals surface area (Å²) in [5, 5.41) is 14.6. The summed E-state index contributed by atoms with van der Waals surface area (Å²) in [6.45, 7) is 4.15. The molecule has 4 rings (SSSR count). The molecule has 0 saturated heterocycles. The van der Waals surface area contributed by atoms with Crippen molar-refractivity contribution in [2.24, 2.45) is 0 Å². The number of carbonyl (C=O) groups is 1. The van der Waals surface area contributed by atoms with Crippen molar-refractivity contribution in [3.8, 4) is 17.1 Å². The lowest BCUT2D eigenvalue weighted by molar-refractivity contribution is -0.113. The summed E-state index contributed by atoms with van der Waals surface area (Å²) in [6, 6.07) is 9.92. The van der Waals surface area contributed by atoms with Crippen LogP contribution in [-0.4, -0.2) is 36.4 Å². The maximum absolute atomic E-state index is 12.3. The maximum atomic E-state index is 12.3. The Morgan fingerprint density at radius 1 is 1.14 bits per heavy atom. The fourth-order valence-electron chi connectivity index (χ4n) is 2.82. The van der Waals surface area contributed by atoms with E-state index in [-0.39, 0.29) is 11.7 Å². The molecule has 0 fully saturated rings. The molecule has 146 valence electrons. The van der Waals surface area contributed by atoms with E-state index in [0.29, 0.717) is 16.1 Å². The Labute approximate surface area is 176 Å². The molecule has 0 bridgehead atoms. The van der Waals surface area contributed by atoms with Crippen LogP contribution < -0.4 is 5.32 Å². The summed E-state index contributed by atoms with van der Waals surface area (Å²) in [7, 11) is 0. The molecule has 1 amide bonds. The van der Waals surface area contributed by atoms with Gasteiger partial charge < -0.3 is 5.32 Å². The van der Waals surface area contributed by atoms with Gasteiger partial charge in [0.2, 0.25) is 5.91 Å². The fourth-order valence-corrected chi connectivity index (χ4v) is 4.11. The van der Waals surface area contributed by atoms with E-state index >= 15 is 0 Å². The zero-order chi connectivity index (χ0) is 20.2. The van der Waals surface area contributed by atoms with Gasteiger partial charge in [0.1, 0.15) is 0 Å². The average molecular weight is 423 g/mol. The van der Waals surface area contributed by atoms with Crippen molar-refractivity contribution >= 4 is 34.1 Å². The molecule has 0 saturated carbocycles. The predicted octanol–water partition coefficient (Wildman–Crippen LogP) is 4.13. The molecule has 0 aliphatic carbocycles. The van der Waals surface area contributed by atoms with Gasteiger partial charge in [0.25, 0.3) is 0 Å². The van der Waals surface area contributed by atoms with Gasteiger partial charge in [-0.25, -0.2) is 4.98 Å². The van der Waals surface area contributed by atoms with E-state index in [1.807, 2.05) is 34.2 Å². The number of thiazole rings is 1. The van der Waals surface area contributed by atoms with Crippen LogP contribution in [0.15, 0.2) is 59.5 Å². The highest BCUT2D eigenvalue weighted by atomic mass is 32.2. The minimum Gasteiger partial charge on any atom is -0.301 e. The SMILES string of the molecule is Cc1cccc(-n2c(SCC(=O)Nc3nccs3)nnc2-c2ccncc2)c1C. The van der Waals surface area contributed by atoms with Crippen molar-refractivity contribution in [3.05, 3.63) is 65.4 Å². The van der Waals surface area contributed by atoms with E-state index in [1.165, 1.54) is 28.7 Å². The van der Waals surface area contributed by atoms with Crippen LogP contribution in [0.1, 0.15) is 11.1 Å². The molecule has 0 unspecified atom stereocenters. The molecule has 1 aromatic carbocycles. The monoisotopic (exact) mass is 422 g/mol. The van der Waals surface area contributed by atoms with Crippen molar-refractivity contribution in [2.45, 2.75) is 19.0 Å². The van der Waals surface area contributed by atoms with E-state index in [1.54, 1.807) is 18.6 Å². The number of aromatic nitrogens is 5. The van der Waals surface area contributed by atoms with Gasteiger partial charge in [-0.05, 0) is 43.2 Å². The molecule has 9 heteroatoms. The molecule has 1 N–H and O–H groups in total. The van der Waals surface area contributed by atoms with Crippen LogP contribution >= 0.6 is 23.1 Å². The van der Waals surface area contributed by atoms with Crippen molar-refractivity contribution in [1.29, 1.82) is 0 Å². The lowest BCUT2D eigenvalue weighted by Crippen LogP contribution is -2.14. The molecule has 0 spiro atoms. The van der Waals surface area contributed by atoms with E-state index in [0.717, 1.165) is 16.8 Å². The summed E-state index contributed by atoms with van der Waals surface area (Å²) in [4.78, 5) is 20.5. The van der Waals surface area contributed by atoms with Gasteiger partial charge in [-0.15, -0.1) is 21.5 Å². The third-order valence-electron chi connectivity index (χ3n) is 4.40. The summed E-state index contributed by atoms with van der Waals surface area (Å²) in [5.74, 6) is 0.786. The van der Waals surface area contributed by atoms with E-state index < -0.39 is 0 Å². The van der Waals surface area contributed by atoms with Gasteiger partial charge in [-0.3, -0.25) is 14.3 Å². The number of thioether (sulfide) groups is 1. The second-order valence-electron chi connectivity index (χ2n) is 6.27. The smallest absolute Gasteiger partial charge is 0.236 e. The molecule has 0 aliphatic heterocycles. The molecule has 0 atom stereocenters. The minimum atomic E-state index is -0.133. The van der Waals surface area contributed by atoms with Gasteiger partial charge in [0.05, 0.1) is 11.4 Å². The van der Waals surface area contributed by atoms with Crippen molar-refractivity contribution in [3.63, 3.8) is 0 Å². The maximum Gasteiger partial charge on any atom is 0.236 e. The fraction of sp³-hybridized carbons (Fsp3) is 0.150. The van der Waals surface area contributed by atoms with Crippen LogP contribution in [-0.2, 0) is 4.79 Å². The lowest BCUT2D eigenvalue weighted by atomic mass is 10.1. The first-order valence-electron chi connectivity index (χ1n) is 8.88. The molecular weight excluding hydrogens is 404 g/mol. The van der Waals surface area contributed by atoms with E-state index in [2.05, 4.69) is 45.4 Å². The number of hydrogen-bond donors (Lipinski definition) is 1. The number of rotatable bonds is 6. The molecule has 3 heterocycles. The van der Waals surface area contributed by atoms with Crippen molar-refractivity contribution < 1.29 is 4.79 Å². The first-order valence-corrected chi connectivity index (χ1v) is 10.7. The number of aryl methyl sites for hydroxylation is 1. The van der Waals surface area contributed by atoms with Crippen LogP contribution in [0, 0.1) is 13.8 Å². The number of carbonyl (C=O) groups excluding carboxylic acids is 1. The van der Waals surface area contributed by atoms with Crippen LogP contribution in [0.5, 0.6) is 0 Å². The summed E-state index contributed by atoms with van der Waals surface area (Å²) >= 11 is 2.73. The number of benzene rings is 1. The summed E-state index contributed by atoms with van der Waals surface area (Å²) in [6.07, 6.45) is 5.11. The standard InChI is InChI=1S/C20H18N6OS2/c1-13-4-3-5-16(14(13)2)26-18(15-6-8-21-9-7-15)24-25-20(26)29-12-17(27)23-19-22-10-11-28-19/h3-11H,12H2,1-2H3,(H,22,23,27). The molecule has 29 heavy (non-hydrogen) atoms. The van der Waals surface area contributed by atoms with Gasteiger partial charge in [0.15, 0.2) is 16.1 Å². The Bertz CT molecular complexity index is 1130. The first kappa shape index (κ1) is 19.3. The zero-order valence-electron chi connectivity index (χ0n) is 15.9. The Hall–Kier alpha value is -3.04. The van der Waals surface area contributed by atoms with Gasteiger partial charge in [-0.1, -0.05) is 23.9 Å². The molecule has 7 nitrogen and oxygen atoms in total. The number of nitrogens with zero attached hydrogens (tertiary/aromatic N) is 5. The Morgan fingerprint density at radius 2 is 1.97 bits per heavy atom. The van der Waals surface area contributed by atoms with Crippen LogP contribution in [0.3, 0.4) is 0 Å². The van der Waals surface area contributed by atoms with Gasteiger partial charge in [0, 0.05) is 29.5 Å². The minimum absolute atomic E-state index is 0.133.